The summed E-state index contributed by atoms with van der Waals surface area (Å²) in [5, 5.41) is 19.2. The van der Waals surface area contributed by atoms with Gasteiger partial charge >= 0.3 is 6.09 Å². The highest BCUT2D eigenvalue weighted by Crippen LogP contribution is 2.37. The predicted octanol–water partition coefficient (Wildman–Crippen LogP) is 3.55. The van der Waals surface area contributed by atoms with E-state index < -0.39 is 30.0 Å². The van der Waals surface area contributed by atoms with Gasteiger partial charge in [0.25, 0.3) is 0 Å². The number of amides is 1. The summed E-state index contributed by atoms with van der Waals surface area (Å²) in [5.41, 5.74) is 0.221. The molecule has 5 nitrogen and oxygen atoms in total. The van der Waals surface area contributed by atoms with Crippen LogP contribution in [0, 0.1) is 17.2 Å². The minimum Gasteiger partial charge on any atom is -0.465 e. The third-order valence-electron chi connectivity index (χ3n) is 4.32. The van der Waals surface area contributed by atoms with E-state index in [9.17, 15) is 19.4 Å². The zero-order valence-electron chi connectivity index (χ0n) is 14.0. The third kappa shape index (κ3) is 4.18. The minimum atomic E-state index is -1.06. The van der Waals surface area contributed by atoms with Crippen LogP contribution in [-0.2, 0) is 4.74 Å². The molecule has 24 heavy (non-hydrogen) atoms. The van der Waals surface area contributed by atoms with Gasteiger partial charge in [0.1, 0.15) is 5.82 Å². The summed E-state index contributed by atoms with van der Waals surface area (Å²) in [6, 6.07) is 4.37. The molecule has 0 bridgehead atoms. The van der Waals surface area contributed by atoms with E-state index in [0.717, 1.165) is 0 Å². The Labute approximate surface area is 146 Å². The van der Waals surface area contributed by atoms with Crippen molar-refractivity contribution in [3.8, 4) is 0 Å². The number of ether oxygens (including phenoxy) is 1. The Morgan fingerprint density at radius 2 is 2.08 bits per heavy atom. The number of benzene rings is 1. The first kappa shape index (κ1) is 19.0. The van der Waals surface area contributed by atoms with Gasteiger partial charge in [0.05, 0.1) is 30.4 Å². The number of aliphatic hydroxyl groups excluding tert-OH is 1. The van der Waals surface area contributed by atoms with Gasteiger partial charge in [-0.05, 0) is 23.1 Å². The molecule has 1 fully saturated rings. The number of hydrogen-bond acceptors (Lipinski definition) is 3. The first-order chi connectivity index (χ1) is 11.1. The van der Waals surface area contributed by atoms with Gasteiger partial charge in [-0.25, -0.2) is 9.18 Å². The van der Waals surface area contributed by atoms with Gasteiger partial charge in [0.2, 0.25) is 0 Å². The zero-order chi connectivity index (χ0) is 18.1. The van der Waals surface area contributed by atoms with E-state index in [1.54, 1.807) is 6.07 Å². The molecular formula is C17H23ClFNO4. The molecule has 1 unspecified atom stereocenters. The lowest BCUT2D eigenvalue weighted by molar-refractivity contribution is -0.0828. The average Bonchev–Trinajstić information content (AvgIpc) is 2.69. The van der Waals surface area contributed by atoms with Crippen molar-refractivity contribution >= 4 is 17.7 Å². The molecule has 1 heterocycles. The van der Waals surface area contributed by atoms with Crippen molar-refractivity contribution in [2.24, 2.45) is 11.3 Å². The van der Waals surface area contributed by atoms with Crippen LogP contribution >= 0.6 is 11.6 Å². The molecule has 1 aromatic carbocycles. The van der Waals surface area contributed by atoms with Gasteiger partial charge in [0, 0.05) is 12.5 Å². The highest BCUT2D eigenvalue weighted by atomic mass is 35.5. The molecule has 1 aliphatic heterocycles. The molecule has 0 saturated carbocycles. The summed E-state index contributed by atoms with van der Waals surface area (Å²) >= 11 is 5.74. The number of carboxylic acid groups (broad SMARTS) is 1. The summed E-state index contributed by atoms with van der Waals surface area (Å²) in [5.74, 6) is -1.06. The number of aliphatic hydroxyl groups is 1. The molecule has 1 amide bonds. The predicted molar refractivity (Wildman–Crippen MR) is 88.7 cm³/mol. The lowest BCUT2D eigenvalue weighted by atomic mass is 9.88. The Bertz CT molecular complexity index is 605. The molecule has 134 valence electrons. The fourth-order valence-corrected chi connectivity index (χ4v) is 2.93. The van der Waals surface area contributed by atoms with Gasteiger partial charge < -0.3 is 19.8 Å². The quantitative estimate of drug-likeness (QED) is 0.847. The van der Waals surface area contributed by atoms with Crippen LogP contribution in [-0.4, -0.2) is 47.0 Å². The first-order valence-corrected chi connectivity index (χ1v) is 8.20. The zero-order valence-corrected chi connectivity index (χ0v) is 14.8. The molecule has 2 N–H and O–H groups in total. The summed E-state index contributed by atoms with van der Waals surface area (Å²) in [6.07, 6.45) is -2.07. The van der Waals surface area contributed by atoms with Crippen LogP contribution in [0.4, 0.5) is 9.18 Å². The maximum absolute atomic E-state index is 13.8. The normalized spacial score (nSPS) is 25.4. The van der Waals surface area contributed by atoms with Crippen molar-refractivity contribution in [1.82, 2.24) is 4.90 Å². The Hall–Kier alpha value is -1.37. The largest absolute Gasteiger partial charge is 0.465 e. The second-order valence-corrected chi connectivity index (χ2v) is 7.62. The summed E-state index contributed by atoms with van der Waals surface area (Å²) in [7, 11) is 0. The van der Waals surface area contributed by atoms with E-state index in [1.807, 2.05) is 20.8 Å². The van der Waals surface area contributed by atoms with Crippen LogP contribution in [0.15, 0.2) is 18.2 Å². The SMILES string of the molecule is CC(C)(C)C1CN(C(=O)O)C[C@@H](CO)[C@@H](c2ccc(Cl)c(F)c2)O1. The molecule has 0 aromatic heterocycles. The molecule has 0 radical (unpaired) electrons. The first-order valence-electron chi connectivity index (χ1n) is 7.82. The van der Waals surface area contributed by atoms with Crippen LogP contribution < -0.4 is 0 Å². The van der Waals surface area contributed by atoms with E-state index in [4.69, 9.17) is 16.3 Å². The monoisotopic (exact) mass is 359 g/mol. The number of carbonyl (C=O) groups is 1. The van der Waals surface area contributed by atoms with Gasteiger partial charge in [-0.15, -0.1) is 0 Å². The van der Waals surface area contributed by atoms with Crippen LogP contribution in [0.2, 0.25) is 5.02 Å². The van der Waals surface area contributed by atoms with Crippen molar-refractivity contribution in [3.05, 3.63) is 34.6 Å². The number of halogens is 2. The molecule has 0 spiro atoms. The molecule has 7 heteroatoms. The fraction of sp³-hybridized carbons (Fsp3) is 0.588. The van der Waals surface area contributed by atoms with Gasteiger partial charge in [-0.3, -0.25) is 0 Å². The Balaban J connectivity index is 2.42. The highest BCUT2D eigenvalue weighted by Gasteiger charge is 2.39. The van der Waals surface area contributed by atoms with Crippen molar-refractivity contribution in [3.63, 3.8) is 0 Å². The number of rotatable bonds is 2. The maximum Gasteiger partial charge on any atom is 0.407 e. The Kier molecular flexibility index (Phi) is 5.73. The standard InChI is InChI=1S/C17H23ClFNO4/c1-17(2,3)14-8-20(16(22)23)7-11(9-21)15(24-14)10-4-5-12(18)13(19)6-10/h4-6,11,14-15,21H,7-9H2,1-3H3,(H,22,23)/t11-,14?,15+/m0/s1. The van der Waals surface area contributed by atoms with E-state index >= 15 is 0 Å². The summed E-state index contributed by atoms with van der Waals surface area (Å²) in [6.45, 7) is 5.91. The molecule has 2 rings (SSSR count). The van der Waals surface area contributed by atoms with Crippen molar-refractivity contribution in [1.29, 1.82) is 0 Å². The van der Waals surface area contributed by atoms with E-state index in [2.05, 4.69) is 0 Å². The van der Waals surface area contributed by atoms with Crippen LogP contribution in [0.5, 0.6) is 0 Å². The van der Waals surface area contributed by atoms with E-state index in [-0.39, 0.29) is 30.1 Å². The third-order valence-corrected chi connectivity index (χ3v) is 4.63. The number of hydrogen-bond donors (Lipinski definition) is 2. The van der Waals surface area contributed by atoms with Gasteiger partial charge in [-0.2, -0.15) is 0 Å². The summed E-state index contributed by atoms with van der Waals surface area (Å²) < 4.78 is 20.0. The van der Waals surface area contributed by atoms with Gasteiger partial charge in [-0.1, -0.05) is 38.4 Å². The van der Waals surface area contributed by atoms with Crippen molar-refractivity contribution < 1.29 is 24.1 Å². The number of nitrogens with zero attached hydrogens (tertiary/aromatic N) is 1. The van der Waals surface area contributed by atoms with E-state index in [1.165, 1.54) is 17.0 Å². The van der Waals surface area contributed by atoms with Gasteiger partial charge in [0.15, 0.2) is 0 Å². The van der Waals surface area contributed by atoms with Crippen LogP contribution in [0.25, 0.3) is 0 Å². The second kappa shape index (κ2) is 7.25. The topological polar surface area (TPSA) is 70.0 Å². The highest BCUT2D eigenvalue weighted by molar-refractivity contribution is 6.30. The van der Waals surface area contributed by atoms with Crippen molar-refractivity contribution in [2.75, 3.05) is 19.7 Å². The lowest BCUT2D eigenvalue weighted by Gasteiger charge is -2.34. The Morgan fingerprint density at radius 3 is 2.58 bits per heavy atom. The molecular weight excluding hydrogens is 337 g/mol. The molecule has 1 aromatic rings. The lowest BCUT2D eigenvalue weighted by Crippen LogP contribution is -2.42. The van der Waals surface area contributed by atoms with Crippen LogP contribution in [0.3, 0.4) is 0 Å². The fourth-order valence-electron chi connectivity index (χ4n) is 2.81. The smallest absolute Gasteiger partial charge is 0.407 e. The van der Waals surface area contributed by atoms with E-state index in [0.29, 0.717) is 5.56 Å². The van der Waals surface area contributed by atoms with Crippen molar-refractivity contribution in [2.45, 2.75) is 33.0 Å². The molecule has 0 aliphatic carbocycles. The molecule has 1 aliphatic rings. The minimum absolute atomic E-state index is 0.00690. The maximum atomic E-state index is 13.8. The van der Waals surface area contributed by atoms with Crippen LogP contribution in [0.1, 0.15) is 32.4 Å². The summed E-state index contributed by atoms with van der Waals surface area (Å²) in [4.78, 5) is 12.7. The average molecular weight is 360 g/mol. The molecule has 1 saturated heterocycles. The molecule has 3 atom stereocenters. The second-order valence-electron chi connectivity index (χ2n) is 7.22. The Morgan fingerprint density at radius 1 is 1.42 bits per heavy atom.